The van der Waals surface area contributed by atoms with Gasteiger partial charge in [0.1, 0.15) is 11.6 Å². The van der Waals surface area contributed by atoms with Gasteiger partial charge in [-0.05, 0) is 49.2 Å². The number of aromatic nitrogens is 1. The number of rotatable bonds is 4. The minimum atomic E-state index is -3.79. The molecule has 0 radical (unpaired) electrons. The summed E-state index contributed by atoms with van der Waals surface area (Å²) in [6.45, 7) is 2.79. The first-order valence-electron chi connectivity index (χ1n) is 11.7. The van der Waals surface area contributed by atoms with Gasteiger partial charge in [-0.2, -0.15) is 4.31 Å². The van der Waals surface area contributed by atoms with E-state index in [1.165, 1.54) is 40.7 Å². The predicted molar refractivity (Wildman–Crippen MR) is 130 cm³/mol. The van der Waals surface area contributed by atoms with E-state index in [1.54, 1.807) is 12.3 Å². The molecule has 1 unspecified atom stereocenters. The van der Waals surface area contributed by atoms with Crippen LogP contribution in [0.5, 0.6) is 5.75 Å². The Kier molecular flexibility index (Phi) is 6.33. The Morgan fingerprint density at radius 2 is 1.83 bits per heavy atom. The third-order valence-corrected chi connectivity index (χ3v) is 8.66. The number of aromatic hydroxyl groups is 1. The summed E-state index contributed by atoms with van der Waals surface area (Å²) in [7, 11) is -3.79. The monoisotopic (exact) mass is 498 g/mol. The predicted octanol–water partition coefficient (Wildman–Crippen LogP) is 2.83. The summed E-state index contributed by atoms with van der Waals surface area (Å²) >= 11 is 0. The van der Waals surface area contributed by atoms with Crippen molar-refractivity contribution in [1.82, 2.24) is 14.2 Å². The number of hydrogen-bond acceptors (Lipinski definition) is 6. The molecule has 2 saturated heterocycles. The SMILES string of the molecule is O=C(C1CCCN(S(=O)(=O)c2cccc(O)c2)C1)N1CCN(c2ccnc3cc(F)ccc23)CC1. The van der Waals surface area contributed by atoms with Crippen LogP contribution in [0.25, 0.3) is 10.9 Å². The van der Waals surface area contributed by atoms with Crippen molar-refractivity contribution in [2.45, 2.75) is 17.7 Å². The number of pyridine rings is 1. The van der Waals surface area contributed by atoms with E-state index >= 15 is 0 Å². The average Bonchev–Trinajstić information content (AvgIpc) is 2.88. The maximum Gasteiger partial charge on any atom is 0.243 e. The highest BCUT2D eigenvalue weighted by Gasteiger charge is 2.36. The highest BCUT2D eigenvalue weighted by Crippen LogP contribution is 2.29. The van der Waals surface area contributed by atoms with Crippen molar-refractivity contribution in [1.29, 1.82) is 0 Å². The first-order chi connectivity index (χ1) is 16.8. The van der Waals surface area contributed by atoms with Gasteiger partial charge in [0.2, 0.25) is 15.9 Å². The number of carbonyl (C=O) groups excluding carboxylic acids is 1. The smallest absolute Gasteiger partial charge is 0.243 e. The number of sulfonamides is 1. The summed E-state index contributed by atoms with van der Waals surface area (Å²) in [5.41, 5.74) is 1.55. The first kappa shape index (κ1) is 23.5. The molecule has 1 aromatic heterocycles. The van der Waals surface area contributed by atoms with Crippen molar-refractivity contribution in [2.24, 2.45) is 5.92 Å². The van der Waals surface area contributed by atoms with Crippen molar-refractivity contribution in [3.05, 3.63) is 60.5 Å². The number of piperidine rings is 1. The quantitative estimate of drug-likeness (QED) is 0.595. The molecular weight excluding hydrogens is 471 g/mol. The van der Waals surface area contributed by atoms with Gasteiger partial charge in [0.25, 0.3) is 0 Å². The summed E-state index contributed by atoms with van der Waals surface area (Å²) in [6, 6.07) is 12.1. The number of carbonyl (C=O) groups is 1. The Balaban J connectivity index is 1.25. The standard InChI is InChI=1S/C25H27FN4O4S/c26-19-6-7-22-23(15-19)27-9-8-24(22)28-11-13-29(14-12-28)25(32)18-3-2-10-30(17-18)35(33,34)21-5-1-4-20(31)16-21/h1,4-9,15-16,18,31H,2-3,10-14,17H2. The van der Waals surface area contributed by atoms with E-state index in [0.717, 1.165) is 11.1 Å². The molecule has 3 aromatic rings. The number of fused-ring (bicyclic) bond motifs is 1. The van der Waals surface area contributed by atoms with Crippen LogP contribution in [0.15, 0.2) is 59.6 Å². The van der Waals surface area contributed by atoms with Gasteiger partial charge >= 0.3 is 0 Å². The molecule has 2 aliphatic heterocycles. The van der Waals surface area contributed by atoms with E-state index in [0.29, 0.717) is 51.1 Å². The zero-order valence-corrected chi connectivity index (χ0v) is 20.0. The molecule has 1 N–H and O–H groups in total. The van der Waals surface area contributed by atoms with Gasteiger partial charge in [-0.15, -0.1) is 0 Å². The van der Waals surface area contributed by atoms with E-state index in [4.69, 9.17) is 0 Å². The van der Waals surface area contributed by atoms with Gasteiger partial charge in [-0.25, -0.2) is 12.8 Å². The Morgan fingerprint density at radius 3 is 2.60 bits per heavy atom. The van der Waals surface area contributed by atoms with Crippen molar-refractivity contribution in [2.75, 3.05) is 44.2 Å². The van der Waals surface area contributed by atoms with Gasteiger partial charge in [0, 0.05) is 62.6 Å². The molecule has 3 heterocycles. The zero-order valence-electron chi connectivity index (χ0n) is 19.2. The lowest BCUT2D eigenvalue weighted by Crippen LogP contribution is -2.53. The van der Waals surface area contributed by atoms with Crippen molar-refractivity contribution in [3.8, 4) is 5.75 Å². The van der Waals surface area contributed by atoms with Gasteiger partial charge in [-0.3, -0.25) is 9.78 Å². The molecular formula is C25H27FN4O4S. The van der Waals surface area contributed by atoms with Gasteiger partial charge in [0.05, 0.1) is 16.3 Å². The Bertz CT molecular complexity index is 1360. The molecule has 35 heavy (non-hydrogen) atoms. The number of halogens is 1. The fourth-order valence-electron chi connectivity index (χ4n) is 4.96. The number of nitrogens with zero attached hydrogens (tertiary/aromatic N) is 4. The van der Waals surface area contributed by atoms with Crippen LogP contribution in [0.4, 0.5) is 10.1 Å². The summed E-state index contributed by atoms with van der Waals surface area (Å²) < 4.78 is 41.1. The van der Waals surface area contributed by atoms with Crippen molar-refractivity contribution >= 4 is 32.5 Å². The Morgan fingerprint density at radius 1 is 1.03 bits per heavy atom. The second-order valence-corrected chi connectivity index (χ2v) is 10.9. The molecule has 0 bridgehead atoms. The van der Waals surface area contributed by atoms with Crippen LogP contribution >= 0.6 is 0 Å². The number of phenols is 1. The number of amides is 1. The van der Waals surface area contributed by atoms with Crippen molar-refractivity contribution in [3.63, 3.8) is 0 Å². The van der Waals surface area contributed by atoms with Crippen LogP contribution in [0.2, 0.25) is 0 Å². The van der Waals surface area contributed by atoms with Gasteiger partial charge in [0.15, 0.2) is 0 Å². The van der Waals surface area contributed by atoms with Crippen LogP contribution in [0.3, 0.4) is 0 Å². The molecule has 10 heteroatoms. The summed E-state index contributed by atoms with van der Waals surface area (Å²) in [5.74, 6) is -0.861. The number of benzene rings is 2. The van der Waals surface area contributed by atoms with Crippen LogP contribution < -0.4 is 4.90 Å². The van der Waals surface area contributed by atoms with Crippen LogP contribution in [-0.4, -0.2) is 72.9 Å². The number of hydrogen-bond donors (Lipinski definition) is 1. The molecule has 0 spiro atoms. The van der Waals surface area contributed by atoms with E-state index in [1.807, 2.05) is 11.0 Å². The molecule has 0 aliphatic carbocycles. The summed E-state index contributed by atoms with van der Waals surface area (Å²) in [6.07, 6.45) is 2.91. The van der Waals surface area contributed by atoms with Crippen molar-refractivity contribution < 1.29 is 22.7 Å². The second-order valence-electron chi connectivity index (χ2n) is 9.00. The molecule has 0 saturated carbocycles. The largest absolute Gasteiger partial charge is 0.508 e. The lowest BCUT2D eigenvalue weighted by Gasteiger charge is -2.39. The lowest BCUT2D eigenvalue weighted by molar-refractivity contribution is -0.137. The molecule has 5 rings (SSSR count). The van der Waals surface area contributed by atoms with E-state index in [-0.39, 0.29) is 28.9 Å². The topological polar surface area (TPSA) is 94.0 Å². The molecule has 8 nitrogen and oxygen atoms in total. The van der Waals surface area contributed by atoms with E-state index < -0.39 is 15.9 Å². The minimum Gasteiger partial charge on any atom is -0.508 e. The first-order valence-corrected chi connectivity index (χ1v) is 13.1. The van der Waals surface area contributed by atoms with E-state index in [2.05, 4.69) is 9.88 Å². The fraction of sp³-hybridized carbons (Fsp3) is 0.360. The number of phenolic OH excluding ortho intramolecular Hbond substituents is 1. The lowest BCUT2D eigenvalue weighted by atomic mass is 9.97. The Labute approximate surface area is 203 Å². The van der Waals surface area contributed by atoms with Crippen LogP contribution in [-0.2, 0) is 14.8 Å². The molecule has 2 aromatic carbocycles. The maximum absolute atomic E-state index is 13.6. The third-order valence-electron chi connectivity index (χ3n) is 6.80. The summed E-state index contributed by atoms with van der Waals surface area (Å²) in [5, 5.41) is 10.6. The molecule has 1 atom stereocenters. The van der Waals surface area contributed by atoms with Gasteiger partial charge < -0.3 is 14.9 Å². The normalized spacial score (nSPS) is 19.7. The Hall–Kier alpha value is -3.24. The van der Waals surface area contributed by atoms with Gasteiger partial charge in [-0.1, -0.05) is 6.07 Å². The maximum atomic E-state index is 13.6. The molecule has 184 valence electrons. The van der Waals surface area contributed by atoms with E-state index in [9.17, 15) is 22.7 Å². The zero-order chi connectivity index (χ0) is 24.6. The van der Waals surface area contributed by atoms with Crippen LogP contribution in [0, 0.1) is 11.7 Å². The summed E-state index contributed by atoms with van der Waals surface area (Å²) in [4.78, 5) is 21.6. The molecule has 1 amide bonds. The number of piperazine rings is 1. The highest BCUT2D eigenvalue weighted by atomic mass is 32.2. The number of anilines is 1. The molecule has 2 fully saturated rings. The second kappa shape index (κ2) is 9.43. The third kappa shape index (κ3) is 4.68. The minimum absolute atomic E-state index is 0.0258. The average molecular weight is 499 g/mol. The highest BCUT2D eigenvalue weighted by molar-refractivity contribution is 7.89. The fourth-order valence-corrected chi connectivity index (χ4v) is 6.53. The van der Waals surface area contributed by atoms with Crippen LogP contribution in [0.1, 0.15) is 12.8 Å². The molecule has 2 aliphatic rings.